The van der Waals surface area contributed by atoms with Gasteiger partial charge in [0.1, 0.15) is 41.0 Å². The SMILES string of the molecule is C=C[C@H]1CC1(NC(=O)[C@@H]1C[C@@H]2CN1C(=O)[C@H](C1CCCCC1)NC(=O)OCC(C)(C)CCCc1cc3c(cc(N4CCCCC4)nc3cc1OC)O2)C(=O)NS(=O)(=O)C1CC1. The van der Waals surface area contributed by atoms with Gasteiger partial charge < -0.3 is 34.6 Å². The summed E-state index contributed by atoms with van der Waals surface area (Å²) >= 11 is 0. The largest absolute Gasteiger partial charge is 0.496 e. The number of nitrogens with one attached hydrogen (secondary N) is 3. The van der Waals surface area contributed by atoms with Gasteiger partial charge in [0.25, 0.3) is 5.91 Å². The van der Waals surface area contributed by atoms with E-state index in [1.54, 1.807) is 7.11 Å². The number of benzene rings is 1. The lowest BCUT2D eigenvalue weighted by Gasteiger charge is -2.35. The molecule has 0 radical (unpaired) electrons. The van der Waals surface area contributed by atoms with Gasteiger partial charge in [0.05, 0.1) is 31.0 Å². The molecule has 3 N–H and O–H groups in total. The van der Waals surface area contributed by atoms with Crippen LogP contribution in [0.3, 0.4) is 0 Å². The van der Waals surface area contributed by atoms with E-state index in [1.807, 2.05) is 12.1 Å². The van der Waals surface area contributed by atoms with Crippen molar-refractivity contribution >= 4 is 50.6 Å². The average Bonchev–Trinajstić information content (AvgIpc) is 4.18. The van der Waals surface area contributed by atoms with Crippen LogP contribution in [0.1, 0.15) is 109 Å². The molecule has 0 spiro atoms. The third kappa shape index (κ3) is 9.29. The van der Waals surface area contributed by atoms with Gasteiger partial charge in [0.2, 0.25) is 21.8 Å². The molecule has 16 heteroatoms. The number of rotatable bonds is 9. The van der Waals surface area contributed by atoms with Crippen molar-refractivity contribution in [3.63, 3.8) is 0 Å². The van der Waals surface area contributed by atoms with E-state index in [0.717, 1.165) is 94.1 Å². The van der Waals surface area contributed by atoms with Crippen molar-refractivity contribution in [2.45, 2.75) is 139 Å². The van der Waals surface area contributed by atoms with Gasteiger partial charge in [-0.15, -0.1) is 6.58 Å². The number of aromatic nitrogens is 1. The van der Waals surface area contributed by atoms with Crippen LogP contribution < -0.4 is 29.7 Å². The second kappa shape index (κ2) is 17.3. The quantitative estimate of drug-likeness (QED) is 0.279. The van der Waals surface area contributed by atoms with Crippen LogP contribution in [0.15, 0.2) is 30.9 Å². The highest BCUT2D eigenvalue weighted by Crippen LogP contribution is 2.46. The zero-order valence-corrected chi connectivity index (χ0v) is 36.7. The smallest absolute Gasteiger partial charge is 0.407 e. The van der Waals surface area contributed by atoms with Crippen molar-refractivity contribution in [3.8, 4) is 11.5 Å². The Morgan fingerprint density at radius 1 is 1.02 bits per heavy atom. The summed E-state index contributed by atoms with van der Waals surface area (Å²) < 4.78 is 46.7. The number of anilines is 1. The second-order valence-corrected chi connectivity index (χ2v) is 20.9. The second-order valence-electron chi connectivity index (χ2n) is 19.0. The van der Waals surface area contributed by atoms with Crippen LogP contribution in [-0.2, 0) is 35.6 Å². The number of carbonyl (C=O) groups is 4. The van der Waals surface area contributed by atoms with Gasteiger partial charge in [-0.25, -0.2) is 18.2 Å². The minimum absolute atomic E-state index is 0.0237. The van der Waals surface area contributed by atoms with Crippen LogP contribution in [-0.4, -0.2) is 104 Å². The standard InChI is InChI=1S/C45H62N6O9S/c1-5-30-25-45(30,42(54)49-61(56,57)32-16-17-32)48-40(52)35-22-31-26-51(35)41(53)39(28-13-8-6-9-14-28)47-43(55)59-27-44(2,3)18-12-15-29-21-33-34(23-36(29)58-4)46-38(24-37(33)60-31)50-19-10-7-11-20-50/h5,21,23-24,28,30-32,35,39H,1,6-20,22,25-27H2,2-4H3,(H,47,55)(H,48,52)(H,49,54)/t30-,31+,35-,39-,45?/m0/s1. The van der Waals surface area contributed by atoms with E-state index in [2.05, 4.69) is 46.7 Å². The van der Waals surface area contributed by atoms with Crippen molar-refractivity contribution in [2.75, 3.05) is 38.3 Å². The minimum Gasteiger partial charge on any atom is -0.496 e. The maximum absolute atomic E-state index is 15.1. The number of alkyl carbamates (subject to hydrolysis) is 1. The highest BCUT2D eigenvalue weighted by atomic mass is 32.2. The molecule has 61 heavy (non-hydrogen) atoms. The Morgan fingerprint density at radius 3 is 2.44 bits per heavy atom. The van der Waals surface area contributed by atoms with Gasteiger partial charge in [-0.3, -0.25) is 19.1 Å². The van der Waals surface area contributed by atoms with Crippen molar-refractivity contribution in [1.82, 2.24) is 25.2 Å². The first-order chi connectivity index (χ1) is 29.2. The van der Waals surface area contributed by atoms with E-state index < -0.39 is 68.7 Å². The summed E-state index contributed by atoms with van der Waals surface area (Å²) in [5.74, 6) is -0.472. The highest BCUT2D eigenvalue weighted by molar-refractivity contribution is 7.91. The lowest BCUT2D eigenvalue weighted by Crippen LogP contribution is -2.59. The average molecular weight is 863 g/mol. The number of carbonyl (C=O) groups excluding carboxylic acids is 4. The molecule has 4 amide bonds. The first-order valence-electron chi connectivity index (χ1n) is 22.4. The summed E-state index contributed by atoms with van der Waals surface area (Å²) in [4.78, 5) is 66.0. The lowest BCUT2D eigenvalue weighted by molar-refractivity contribution is -0.142. The Hall–Kier alpha value is -4.60. The predicted octanol–water partition coefficient (Wildman–Crippen LogP) is 5.29. The molecule has 2 saturated heterocycles. The zero-order chi connectivity index (χ0) is 43.1. The number of pyridine rings is 1. The van der Waals surface area contributed by atoms with E-state index in [9.17, 15) is 22.8 Å². The molecule has 4 heterocycles. The molecular formula is C45H62N6O9S. The molecule has 8 rings (SSSR count). The van der Waals surface area contributed by atoms with Gasteiger partial charge in [0, 0.05) is 42.9 Å². The molecule has 6 aliphatic rings. The number of methoxy groups -OCH3 is 1. The van der Waals surface area contributed by atoms with Gasteiger partial charge in [-0.1, -0.05) is 39.2 Å². The van der Waals surface area contributed by atoms with E-state index in [4.69, 9.17) is 19.2 Å². The number of hydrogen-bond donors (Lipinski definition) is 3. The summed E-state index contributed by atoms with van der Waals surface area (Å²) in [5, 5.41) is 5.99. The maximum Gasteiger partial charge on any atom is 0.407 e. The fraction of sp³-hybridized carbons (Fsp3) is 0.667. The van der Waals surface area contributed by atoms with Crippen molar-refractivity contribution in [1.29, 1.82) is 0 Å². The molecule has 332 valence electrons. The molecule has 3 saturated carbocycles. The molecule has 1 unspecified atom stereocenters. The zero-order valence-electron chi connectivity index (χ0n) is 35.8. The number of amides is 4. The molecule has 2 aromatic rings. The van der Waals surface area contributed by atoms with Gasteiger partial charge in [-0.05, 0) is 93.6 Å². The van der Waals surface area contributed by atoms with Crippen LogP contribution in [0.2, 0.25) is 0 Å². The topological polar surface area (TPSA) is 186 Å². The number of fused-ring (bicyclic) bond motifs is 3. The molecule has 3 aliphatic carbocycles. The Labute approximate surface area is 359 Å². The van der Waals surface area contributed by atoms with Crippen molar-refractivity contribution < 1.29 is 41.8 Å². The number of sulfonamides is 1. The number of aryl methyl sites for hydroxylation is 1. The Kier molecular flexibility index (Phi) is 12.2. The third-order valence-electron chi connectivity index (χ3n) is 13.8. The first kappa shape index (κ1) is 43.1. The summed E-state index contributed by atoms with van der Waals surface area (Å²) in [5.41, 5.74) is -0.223. The summed E-state index contributed by atoms with van der Waals surface area (Å²) in [6.07, 6.45) is 11.1. The normalized spacial score (nSPS) is 28.8. The number of piperidine rings is 1. The Morgan fingerprint density at radius 2 is 1.75 bits per heavy atom. The summed E-state index contributed by atoms with van der Waals surface area (Å²) in [6.45, 7) is 9.83. The fourth-order valence-corrected chi connectivity index (χ4v) is 11.2. The number of cyclic esters (lactones) is 1. The number of ether oxygens (including phenoxy) is 3. The summed E-state index contributed by atoms with van der Waals surface area (Å²) in [6, 6.07) is 3.92. The predicted molar refractivity (Wildman–Crippen MR) is 230 cm³/mol. The molecule has 3 aliphatic heterocycles. The molecule has 5 atom stereocenters. The maximum atomic E-state index is 15.1. The van der Waals surface area contributed by atoms with Crippen LogP contribution in [0.25, 0.3) is 10.9 Å². The third-order valence-corrected chi connectivity index (χ3v) is 15.6. The number of nitrogens with zero attached hydrogens (tertiary/aromatic N) is 3. The van der Waals surface area contributed by atoms with Crippen molar-refractivity contribution in [2.24, 2.45) is 17.3 Å². The van der Waals surface area contributed by atoms with Crippen LogP contribution >= 0.6 is 0 Å². The molecule has 1 aromatic heterocycles. The molecule has 5 fully saturated rings. The Bertz CT molecular complexity index is 2150. The van der Waals surface area contributed by atoms with Crippen LogP contribution in [0.4, 0.5) is 10.6 Å². The molecule has 15 nitrogen and oxygen atoms in total. The van der Waals surface area contributed by atoms with Gasteiger partial charge >= 0.3 is 6.09 Å². The van der Waals surface area contributed by atoms with Gasteiger partial charge in [0.15, 0.2) is 0 Å². The monoisotopic (exact) mass is 862 g/mol. The minimum atomic E-state index is -3.91. The Balaban J connectivity index is 1.18. The van der Waals surface area contributed by atoms with Crippen LogP contribution in [0, 0.1) is 17.3 Å². The highest BCUT2D eigenvalue weighted by Gasteiger charge is 2.62. The molecule has 1 aromatic carbocycles. The molecular weight excluding hydrogens is 801 g/mol. The van der Waals surface area contributed by atoms with Gasteiger partial charge in [-0.2, -0.15) is 0 Å². The van der Waals surface area contributed by atoms with E-state index >= 15 is 4.79 Å². The number of hydrogen-bond acceptors (Lipinski definition) is 11. The van der Waals surface area contributed by atoms with E-state index in [1.165, 1.54) is 11.0 Å². The lowest BCUT2D eigenvalue weighted by atomic mass is 9.83. The van der Waals surface area contributed by atoms with Crippen molar-refractivity contribution in [3.05, 3.63) is 36.4 Å². The van der Waals surface area contributed by atoms with Crippen LogP contribution in [0.5, 0.6) is 11.5 Å². The molecule has 4 bridgehead atoms. The first-order valence-corrected chi connectivity index (χ1v) is 23.9. The van der Waals surface area contributed by atoms with E-state index in [-0.39, 0.29) is 37.3 Å². The van der Waals surface area contributed by atoms with E-state index in [0.29, 0.717) is 36.3 Å². The summed E-state index contributed by atoms with van der Waals surface area (Å²) in [7, 11) is -2.25. The fourth-order valence-electron chi connectivity index (χ4n) is 9.88.